The maximum atomic E-state index is 13.4. The molecule has 1 amide bonds. The molecule has 0 radical (unpaired) electrons. The Bertz CT molecular complexity index is 1450. The third-order valence-electron chi connectivity index (χ3n) is 6.96. The monoisotopic (exact) mass is 637 g/mol. The lowest BCUT2D eigenvalue weighted by Crippen LogP contribution is -2.39. The molecule has 1 aliphatic rings. The van der Waals surface area contributed by atoms with Crippen molar-refractivity contribution < 1.29 is 19.2 Å². The number of nitro benzene ring substituents is 1. The maximum absolute atomic E-state index is 13.4. The number of carbonyl (C=O) groups is 2. The van der Waals surface area contributed by atoms with E-state index in [1.165, 1.54) is 12.1 Å². The first-order valence-electron chi connectivity index (χ1n) is 12.8. The van der Waals surface area contributed by atoms with Crippen LogP contribution >= 0.6 is 46.4 Å². The number of likely N-dealkylation sites (tertiary alicyclic amines) is 1. The van der Waals surface area contributed by atoms with Crippen molar-refractivity contribution in [1.82, 2.24) is 9.80 Å². The van der Waals surface area contributed by atoms with E-state index in [1.807, 2.05) is 0 Å². The zero-order valence-corrected chi connectivity index (χ0v) is 25.1. The van der Waals surface area contributed by atoms with Crippen molar-refractivity contribution >= 4 is 64.0 Å². The van der Waals surface area contributed by atoms with E-state index in [2.05, 4.69) is 4.90 Å². The first-order chi connectivity index (χ1) is 19.5. The van der Waals surface area contributed by atoms with Gasteiger partial charge in [-0.2, -0.15) is 0 Å². The molecule has 8 nitrogen and oxygen atoms in total. The summed E-state index contributed by atoms with van der Waals surface area (Å²) < 4.78 is 5.71. The van der Waals surface area contributed by atoms with E-state index in [9.17, 15) is 19.7 Å². The van der Waals surface area contributed by atoms with Crippen LogP contribution in [0, 0.1) is 10.1 Å². The lowest BCUT2D eigenvalue weighted by molar-refractivity contribution is -0.385. The number of esters is 1. The van der Waals surface area contributed by atoms with Crippen LogP contribution in [0.1, 0.15) is 29.2 Å². The highest BCUT2D eigenvalue weighted by Crippen LogP contribution is 2.29. The maximum Gasteiger partial charge on any atom is 0.310 e. The molecule has 0 bridgehead atoms. The van der Waals surface area contributed by atoms with Gasteiger partial charge in [0.05, 0.1) is 43.9 Å². The molecule has 3 aromatic carbocycles. The molecule has 0 N–H and O–H groups in total. The summed E-state index contributed by atoms with van der Waals surface area (Å²) in [4.78, 5) is 40.6. The molecule has 0 aliphatic carbocycles. The number of nitro groups is 1. The molecule has 12 heteroatoms. The molecule has 2 atom stereocenters. The summed E-state index contributed by atoms with van der Waals surface area (Å²) in [6, 6.07) is 15.8. The fourth-order valence-corrected chi connectivity index (χ4v) is 5.41. The fourth-order valence-electron chi connectivity index (χ4n) is 4.77. The first kappa shape index (κ1) is 31.1. The summed E-state index contributed by atoms with van der Waals surface area (Å²) in [6.45, 7) is 1.49. The summed E-state index contributed by atoms with van der Waals surface area (Å²) >= 11 is 24.1. The van der Waals surface area contributed by atoms with E-state index in [4.69, 9.17) is 51.1 Å². The van der Waals surface area contributed by atoms with Crippen LogP contribution in [0.2, 0.25) is 20.1 Å². The highest BCUT2D eigenvalue weighted by Gasteiger charge is 2.31. The second-order valence-electron chi connectivity index (χ2n) is 9.88. The van der Waals surface area contributed by atoms with Crippen LogP contribution in [0.15, 0.2) is 60.7 Å². The average Bonchev–Trinajstić information content (AvgIpc) is 3.37. The Morgan fingerprint density at radius 1 is 0.976 bits per heavy atom. The molecule has 0 saturated carbocycles. The molecule has 1 saturated heterocycles. The van der Waals surface area contributed by atoms with Gasteiger partial charge < -0.3 is 9.64 Å². The van der Waals surface area contributed by atoms with Crippen LogP contribution in [0.25, 0.3) is 0 Å². The van der Waals surface area contributed by atoms with E-state index in [1.54, 1.807) is 60.5 Å². The number of halogens is 4. The van der Waals surface area contributed by atoms with Gasteiger partial charge in [-0.05, 0) is 47.4 Å². The number of benzene rings is 3. The van der Waals surface area contributed by atoms with Gasteiger partial charge in [0.1, 0.15) is 6.10 Å². The van der Waals surface area contributed by atoms with E-state index >= 15 is 0 Å². The Morgan fingerprint density at radius 3 is 2.22 bits per heavy atom. The molecule has 3 aromatic rings. The highest BCUT2D eigenvalue weighted by atomic mass is 35.5. The topological polar surface area (TPSA) is 93.0 Å². The van der Waals surface area contributed by atoms with Gasteiger partial charge in [0.15, 0.2) is 0 Å². The molecule has 0 aromatic heterocycles. The fraction of sp³-hybridized carbons (Fsp3) is 0.310. The molecule has 1 heterocycles. The van der Waals surface area contributed by atoms with E-state index in [0.717, 1.165) is 0 Å². The van der Waals surface area contributed by atoms with Gasteiger partial charge in [0.25, 0.3) is 5.69 Å². The Labute approximate surface area is 257 Å². The van der Waals surface area contributed by atoms with Crippen molar-refractivity contribution in [3.05, 3.63) is 108 Å². The smallest absolute Gasteiger partial charge is 0.310 e. The summed E-state index contributed by atoms with van der Waals surface area (Å²) in [7, 11) is 1.67. The highest BCUT2D eigenvalue weighted by molar-refractivity contribution is 6.42. The normalized spacial score (nSPS) is 15.9. The van der Waals surface area contributed by atoms with Crippen molar-refractivity contribution in [2.45, 2.75) is 31.4 Å². The Kier molecular flexibility index (Phi) is 10.5. The second kappa shape index (κ2) is 13.9. The Hall–Kier alpha value is -2.88. The standard InChI is InChI=1S/C29H27Cl4N3O5/c1-34(28(37)13-18-5-7-23(30)25(32)11-18)27(20-3-2-4-21(15-20)36(39)40)17-35-10-9-22(16-35)41-29(38)14-19-6-8-24(31)26(33)12-19/h2-8,11-12,15,22,27H,9-10,13-14,16-17H2,1H3/t22?,27-/m1/s1. The van der Waals surface area contributed by atoms with Gasteiger partial charge in [0, 0.05) is 38.8 Å². The average molecular weight is 639 g/mol. The zero-order chi connectivity index (χ0) is 29.7. The van der Waals surface area contributed by atoms with Crippen LogP contribution < -0.4 is 0 Å². The van der Waals surface area contributed by atoms with Gasteiger partial charge >= 0.3 is 5.97 Å². The molecule has 1 fully saturated rings. The van der Waals surface area contributed by atoms with Crippen molar-refractivity contribution in [2.75, 3.05) is 26.7 Å². The molecule has 0 spiro atoms. The summed E-state index contributed by atoms with van der Waals surface area (Å²) in [5.41, 5.74) is 1.97. The third kappa shape index (κ3) is 8.33. The van der Waals surface area contributed by atoms with Crippen LogP contribution in [0.5, 0.6) is 0 Å². The molecule has 216 valence electrons. The number of rotatable bonds is 10. The molecule has 4 rings (SSSR count). The SMILES string of the molecule is CN(C(=O)Cc1ccc(Cl)c(Cl)c1)[C@H](CN1CCC(OC(=O)Cc2ccc(Cl)c(Cl)c2)C1)c1cccc([N+](=O)[O-])c1. The number of amides is 1. The van der Waals surface area contributed by atoms with Crippen molar-refractivity contribution in [1.29, 1.82) is 0 Å². The largest absolute Gasteiger partial charge is 0.461 e. The minimum Gasteiger partial charge on any atom is -0.461 e. The number of hydrogen-bond acceptors (Lipinski definition) is 6. The molecule has 41 heavy (non-hydrogen) atoms. The summed E-state index contributed by atoms with van der Waals surface area (Å²) in [6.07, 6.45) is 0.437. The van der Waals surface area contributed by atoms with Crippen LogP contribution in [-0.2, 0) is 27.2 Å². The number of non-ortho nitro benzene ring substituents is 1. The molecule has 1 aliphatic heterocycles. The van der Waals surface area contributed by atoms with Crippen LogP contribution in [0.3, 0.4) is 0 Å². The number of likely N-dealkylation sites (N-methyl/N-ethyl adjacent to an activating group) is 1. The van der Waals surface area contributed by atoms with Gasteiger partial charge in [-0.15, -0.1) is 0 Å². The quantitative estimate of drug-likeness (QED) is 0.138. The van der Waals surface area contributed by atoms with Crippen molar-refractivity contribution in [2.24, 2.45) is 0 Å². The predicted octanol–water partition coefficient (Wildman–Crippen LogP) is 6.81. The Balaban J connectivity index is 1.45. The number of hydrogen-bond donors (Lipinski definition) is 0. The van der Waals surface area contributed by atoms with Crippen molar-refractivity contribution in [3.8, 4) is 0 Å². The predicted molar refractivity (Wildman–Crippen MR) is 160 cm³/mol. The Morgan fingerprint density at radius 2 is 1.61 bits per heavy atom. The van der Waals surface area contributed by atoms with E-state index in [0.29, 0.717) is 62.8 Å². The minimum atomic E-state index is -0.490. The van der Waals surface area contributed by atoms with Gasteiger partial charge in [-0.25, -0.2) is 0 Å². The van der Waals surface area contributed by atoms with Gasteiger partial charge in [0.2, 0.25) is 5.91 Å². The van der Waals surface area contributed by atoms with E-state index < -0.39 is 11.0 Å². The number of nitrogens with zero attached hydrogens (tertiary/aromatic N) is 3. The van der Waals surface area contributed by atoms with Crippen LogP contribution in [0.4, 0.5) is 5.69 Å². The molecular formula is C29H27Cl4N3O5. The van der Waals surface area contributed by atoms with Crippen molar-refractivity contribution in [3.63, 3.8) is 0 Å². The zero-order valence-electron chi connectivity index (χ0n) is 22.1. The lowest BCUT2D eigenvalue weighted by atomic mass is 10.0. The first-order valence-corrected chi connectivity index (χ1v) is 14.3. The van der Waals surface area contributed by atoms with Gasteiger partial charge in [-0.1, -0.05) is 70.7 Å². The van der Waals surface area contributed by atoms with Gasteiger partial charge in [-0.3, -0.25) is 24.6 Å². The molecular weight excluding hydrogens is 612 g/mol. The number of carbonyl (C=O) groups excluding carboxylic acids is 2. The number of ether oxygens (including phenoxy) is 1. The third-order valence-corrected chi connectivity index (χ3v) is 8.43. The summed E-state index contributed by atoms with van der Waals surface area (Å²) in [5, 5.41) is 13.0. The van der Waals surface area contributed by atoms with E-state index in [-0.39, 0.29) is 36.5 Å². The van der Waals surface area contributed by atoms with Crippen LogP contribution in [-0.4, -0.2) is 59.4 Å². The lowest BCUT2D eigenvalue weighted by Gasteiger charge is -2.32. The molecule has 1 unspecified atom stereocenters. The minimum absolute atomic E-state index is 0.0617. The summed E-state index contributed by atoms with van der Waals surface area (Å²) in [5.74, 6) is -0.567. The second-order valence-corrected chi connectivity index (χ2v) is 11.5.